The Balaban J connectivity index is 2.90. The Labute approximate surface area is 82.5 Å². The van der Waals surface area contributed by atoms with Crippen LogP contribution in [0.25, 0.3) is 0 Å². The minimum Gasteiger partial charge on any atom is -0.317 e. The molecule has 13 heavy (non-hydrogen) atoms. The Morgan fingerprint density at radius 2 is 2.00 bits per heavy atom. The molecule has 1 nitrogen and oxygen atoms in total. The maximum atomic E-state index is 12.7. The summed E-state index contributed by atoms with van der Waals surface area (Å²) in [7, 11) is 0. The van der Waals surface area contributed by atoms with Crippen molar-refractivity contribution in [2.24, 2.45) is 5.73 Å². The van der Waals surface area contributed by atoms with Crippen LogP contribution in [0.3, 0.4) is 0 Å². The van der Waals surface area contributed by atoms with Gasteiger partial charge in [-0.1, -0.05) is 0 Å². The molecule has 0 amide bonds. The van der Waals surface area contributed by atoms with Crippen LogP contribution >= 0.6 is 11.8 Å². The summed E-state index contributed by atoms with van der Waals surface area (Å²) >= 11 is 1.55. The van der Waals surface area contributed by atoms with Crippen LogP contribution in [0.2, 0.25) is 0 Å². The highest BCUT2D eigenvalue weighted by Gasteiger charge is 2.13. The molecule has 0 saturated carbocycles. The van der Waals surface area contributed by atoms with E-state index < -0.39 is 0 Å². The first-order chi connectivity index (χ1) is 5.88. The Morgan fingerprint density at radius 3 is 2.46 bits per heavy atom. The minimum absolute atomic E-state index is 0.198. The molecule has 1 aromatic rings. The zero-order valence-electron chi connectivity index (χ0n) is 8.10. The topological polar surface area (TPSA) is 26.0 Å². The van der Waals surface area contributed by atoms with E-state index in [0.29, 0.717) is 0 Å². The molecular weight excluding hydrogens is 185 g/mol. The summed E-state index contributed by atoms with van der Waals surface area (Å²) in [5, 5.41) is 0. The molecule has 0 aliphatic heterocycles. The van der Waals surface area contributed by atoms with Crippen LogP contribution in [0.1, 0.15) is 19.4 Å². The van der Waals surface area contributed by atoms with Crippen LogP contribution in [0.15, 0.2) is 23.1 Å². The van der Waals surface area contributed by atoms with Gasteiger partial charge < -0.3 is 5.73 Å². The highest BCUT2D eigenvalue weighted by atomic mass is 32.2. The average molecular weight is 199 g/mol. The molecule has 72 valence electrons. The fraction of sp³-hybridized carbons (Fsp3) is 0.400. The maximum absolute atomic E-state index is 12.7. The largest absolute Gasteiger partial charge is 0.317 e. The van der Waals surface area contributed by atoms with Crippen molar-refractivity contribution in [2.45, 2.75) is 30.5 Å². The SMILES string of the molecule is Cc1cc(F)ccc1SC(C)(C)N. The van der Waals surface area contributed by atoms with Gasteiger partial charge in [0.25, 0.3) is 0 Å². The third-order valence-corrected chi connectivity index (χ3v) is 2.71. The molecular formula is C10H14FNS. The number of aryl methyl sites for hydroxylation is 1. The number of hydrogen-bond donors (Lipinski definition) is 1. The van der Waals surface area contributed by atoms with E-state index in [4.69, 9.17) is 5.73 Å². The van der Waals surface area contributed by atoms with Gasteiger partial charge in [0, 0.05) is 4.90 Å². The van der Waals surface area contributed by atoms with Crippen molar-refractivity contribution in [1.29, 1.82) is 0 Å². The van der Waals surface area contributed by atoms with Crippen molar-refractivity contribution in [1.82, 2.24) is 0 Å². The second-order valence-corrected chi connectivity index (χ2v) is 5.31. The van der Waals surface area contributed by atoms with Gasteiger partial charge in [0.2, 0.25) is 0 Å². The predicted molar refractivity (Wildman–Crippen MR) is 55.3 cm³/mol. The van der Waals surface area contributed by atoms with Crippen LogP contribution in [-0.4, -0.2) is 4.87 Å². The standard InChI is InChI=1S/C10H14FNS/c1-7-6-8(11)4-5-9(7)13-10(2,3)12/h4-6H,12H2,1-3H3. The van der Waals surface area contributed by atoms with Gasteiger partial charge in [-0.3, -0.25) is 0 Å². The summed E-state index contributed by atoms with van der Waals surface area (Å²) in [6, 6.07) is 4.75. The van der Waals surface area contributed by atoms with Crippen molar-refractivity contribution in [2.75, 3.05) is 0 Å². The molecule has 1 aromatic carbocycles. The quantitative estimate of drug-likeness (QED) is 0.585. The maximum Gasteiger partial charge on any atom is 0.123 e. The zero-order valence-corrected chi connectivity index (χ0v) is 8.91. The number of hydrogen-bond acceptors (Lipinski definition) is 2. The van der Waals surface area contributed by atoms with E-state index in [-0.39, 0.29) is 10.7 Å². The Kier molecular flexibility index (Phi) is 2.98. The average Bonchev–Trinajstić information content (AvgIpc) is 1.93. The molecule has 0 aliphatic rings. The summed E-state index contributed by atoms with van der Waals surface area (Å²) < 4.78 is 12.7. The predicted octanol–water partition coefficient (Wildman–Crippen LogP) is 2.92. The fourth-order valence-corrected chi connectivity index (χ4v) is 1.93. The lowest BCUT2D eigenvalue weighted by atomic mass is 10.2. The summed E-state index contributed by atoms with van der Waals surface area (Å²) in [5.74, 6) is -0.198. The van der Waals surface area contributed by atoms with Crippen molar-refractivity contribution >= 4 is 11.8 Å². The Bertz CT molecular complexity index is 304. The van der Waals surface area contributed by atoms with Crippen LogP contribution < -0.4 is 5.73 Å². The first-order valence-corrected chi connectivity index (χ1v) is 4.94. The number of nitrogens with two attached hydrogens (primary N) is 1. The molecule has 0 heterocycles. The second-order valence-electron chi connectivity index (χ2n) is 3.62. The van der Waals surface area contributed by atoms with Gasteiger partial charge >= 0.3 is 0 Å². The number of thioether (sulfide) groups is 1. The van der Waals surface area contributed by atoms with Crippen LogP contribution in [0, 0.1) is 12.7 Å². The van der Waals surface area contributed by atoms with Gasteiger partial charge in [0.05, 0.1) is 4.87 Å². The Morgan fingerprint density at radius 1 is 1.38 bits per heavy atom. The van der Waals surface area contributed by atoms with E-state index in [2.05, 4.69) is 0 Å². The first-order valence-electron chi connectivity index (χ1n) is 4.12. The van der Waals surface area contributed by atoms with Crippen molar-refractivity contribution in [3.8, 4) is 0 Å². The third kappa shape index (κ3) is 3.36. The molecule has 1 rings (SSSR count). The van der Waals surface area contributed by atoms with E-state index >= 15 is 0 Å². The van der Waals surface area contributed by atoms with Crippen molar-refractivity contribution in [3.63, 3.8) is 0 Å². The first kappa shape index (κ1) is 10.5. The number of benzene rings is 1. The summed E-state index contributed by atoms with van der Waals surface area (Å²) in [6.45, 7) is 5.75. The lowest BCUT2D eigenvalue weighted by Gasteiger charge is -2.18. The molecule has 0 aromatic heterocycles. The van der Waals surface area contributed by atoms with Crippen molar-refractivity contribution < 1.29 is 4.39 Å². The van der Waals surface area contributed by atoms with E-state index in [1.54, 1.807) is 17.8 Å². The zero-order chi connectivity index (χ0) is 10.1. The Hall–Kier alpha value is -0.540. The summed E-state index contributed by atoms with van der Waals surface area (Å²) in [5.41, 5.74) is 6.78. The molecule has 0 radical (unpaired) electrons. The van der Waals surface area contributed by atoms with Gasteiger partial charge in [-0.05, 0) is 44.5 Å². The molecule has 0 unspecified atom stereocenters. The summed E-state index contributed by atoms with van der Waals surface area (Å²) in [4.78, 5) is 0.719. The van der Waals surface area contributed by atoms with E-state index in [1.165, 1.54) is 12.1 Å². The van der Waals surface area contributed by atoms with Gasteiger partial charge in [-0.2, -0.15) is 0 Å². The van der Waals surface area contributed by atoms with E-state index in [9.17, 15) is 4.39 Å². The normalized spacial score (nSPS) is 11.8. The smallest absolute Gasteiger partial charge is 0.123 e. The third-order valence-electron chi connectivity index (χ3n) is 1.51. The number of rotatable bonds is 2. The van der Waals surface area contributed by atoms with Gasteiger partial charge in [0.15, 0.2) is 0 Å². The molecule has 0 aliphatic carbocycles. The molecule has 0 bridgehead atoms. The van der Waals surface area contributed by atoms with Crippen LogP contribution in [-0.2, 0) is 0 Å². The monoisotopic (exact) mass is 199 g/mol. The van der Waals surface area contributed by atoms with Gasteiger partial charge in [0.1, 0.15) is 5.82 Å². The molecule has 0 saturated heterocycles. The molecule has 0 fully saturated rings. The fourth-order valence-electron chi connectivity index (χ4n) is 1.01. The lowest BCUT2D eigenvalue weighted by molar-refractivity contribution is 0.625. The highest BCUT2D eigenvalue weighted by molar-refractivity contribution is 8.00. The molecule has 0 spiro atoms. The van der Waals surface area contributed by atoms with Crippen molar-refractivity contribution in [3.05, 3.63) is 29.6 Å². The lowest BCUT2D eigenvalue weighted by Crippen LogP contribution is -2.26. The molecule has 3 heteroatoms. The molecule has 2 N–H and O–H groups in total. The van der Waals surface area contributed by atoms with Gasteiger partial charge in [-0.25, -0.2) is 4.39 Å². The van der Waals surface area contributed by atoms with Crippen LogP contribution in [0.4, 0.5) is 4.39 Å². The highest BCUT2D eigenvalue weighted by Crippen LogP contribution is 2.30. The summed E-state index contributed by atoms with van der Waals surface area (Å²) in [6.07, 6.45) is 0. The van der Waals surface area contributed by atoms with E-state index in [0.717, 1.165) is 10.5 Å². The molecule has 0 atom stereocenters. The van der Waals surface area contributed by atoms with Gasteiger partial charge in [-0.15, -0.1) is 11.8 Å². The number of halogens is 1. The second kappa shape index (κ2) is 3.68. The minimum atomic E-state index is -0.317. The van der Waals surface area contributed by atoms with E-state index in [1.807, 2.05) is 20.8 Å². The van der Waals surface area contributed by atoms with Crippen LogP contribution in [0.5, 0.6) is 0 Å².